The minimum Gasteiger partial charge on any atom is -0.458 e. The van der Waals surface area contributed by atoms with E-state index in [9.17, 15) is 9.59 Å². The molecule has 2 saturated heterocycles. The van der Waals surface area contributed by atoms with Gasteiger partial charge in [0.2, 0.25) is 0 Å². The maximum Gasteiger partial charge on any atom is 0.410 e. The van der Waals surface area contributed by atoms with Crippen LogP contribution in [0.2, 0.25) is 0 Å². The number of rotatable bonds is 5. The average Bonchev–Trinajstić information content (AvgIpc) is 3.14. The van der Waals surface area contributed by atoms with Gasteiger partial charge in [-0.15, -0.1) is 0 Å². The molecule has 2 aliphatic heterocycles. The minimum absolute atomic E-state index is 0.0781. The number of amides is 1. The van der Waals surface area contributed by atoms with Gasteiger partial charge in [0, 0.05) is 19.6 Å². The Morgan fingerprint density at radius 2 is 2.04 bits per heavy atom. The Hall–Kier alpha value is -1.34. The largest absolute Gasteiger partial charge is 0.458 e. The van der Waals surface area contributed by atoms with Crippen molar-refractivity contribution >= 4 is 12.1 Å². The molecule has 0 spiro atoms. The van der Waals surface area contributed by atoms with E-state index < -0.39 is 17.7 Å². The van der Waals surface area contributed by atoms with Gasteiger partial charge in [-0.25, -0.2) is 9.59 Å². The number of esters is 1. The molecule has 0 N–H and O–H groups in total. The first-order valence-corrected chi connectivity index (χ1v) is 8.66. The summed E-state index contributed by atoms with van der Waals surface area (Å²) in [5, 5.41) is 0. The highest BCUT2D eigenvalue weighted by Crippen LogP contribution is 2.18. The van der Waals surface area contributed by atoms with Gasteiger partial charge in [0.1, 0.15) is 11.7 Å². The van der Waals surface area contributed by atoms with Crippen molar-refractivity contribution in [2.45, 2.75) is 70.9 Å². The monoisotopic (exact) mass is 343 g/mol. The third kappa shape index (κ3) is 5.94. The standard InChI is InChI=1S/C17H29NO6/c1-12(22-11-14-6-5-9-21-14)15(19)23-13-7-8-18(10-13)16(20)24-17(2,3)4/h12-14H,5-11H2,1-4H3/t12-,13-,14+/m0/s1. The fourth-order valence-corrected chi connectivity index (χ4v) is 2.67. The molecule has 3 atom stereocenters. The third-order valence-electron chi connectivity index (χ3n) is 3.97. The van der Waals surface area contributed by atoms with E-state index in [2.05, 4.69) is 0 Å². The summed E-state index contributed by atoms with van der Waals surface area (Å²) < 4.78 is 21.8. The van der Waals surface area contributed by atoms with Crippen molar-refractivity contribution in [2.75, 3.05) is 26.3 Å². The third-order valence-corrected chi connectivity index (χ3v) is 3.97. The Balaban J connectivity index is 1.69. The van der Waals surface area contributed by atoms with Crippen molar-refractivity contribution in [1.82, 2.24) is 4.90 Å². The van der Waals surface area contributed by atoms with Gasteiger partial charge >= 0.3 is 12.1 Å². The average molecular weight is 343 g/mol. The van der Waals surface area contributed by atoms with Gasteiger partial charge in [0.15, 0.2) is 6.10 Å². The van der Waals surface area contributed by atoms with Crippen LogP contribution in [-0.2, 0) is 23.7 Å². The molecule has 24 heavy (non-hydrogen) atoms. The molecule has 2 fully saturated rings. The Bertz CT molecular complexity index is 441. The summed E-state index contributed by atoms with van der Waals surface area (Å²) in [5.41, 5.74) is -0.531. The van der Waals surface area contributed by atoms with Crippen LogP contribution in [0, 0.1) is 0 Å². The quantitative estimate of drug-likeness (QED) is 0.712. The molecular weight excluding hydrogens is 314 g/mol. The summed E-state index contributed by atoms with van der Waals surface area (Å²) in [5.74, 6) is -0.399. The zero-order valence-electron chi connectivity index (χ0n) is 15.1. The van der Waals surface area contributed by atoms with Gasteiger partial charge in [-0.05, 0) is 40.5 Å². The van der Waals surface area contributed by atoms with Crippen LogP contribution in [0.4, 0.5) is 4.79 Å². The maximum absolute atomic E-state index is 12.1. The summed E-state index contributed by atoms with van der Waals surface area (Å²) >= 11 is 0. The molecule has 0 aliphatic carbocycles. The van der Waals surface area contributed by atoms with Crippen molar-refractivity contribution in [3.05, 3.63) is 0 Å². The van der Waals surface area contributed by atoms with E-state index in [-0.39, 0.29) is 18.3 Å². The van der Waals surface area contributed by atoms with Crippen molar-refractivity contribution in [2.24, 2.45) is 0 Å². The minimum atomic E-state index is -0.634. The van der Waals surface area contributed by atoms with Crippen molar-refractivity contribution in [3.63, 3.8) is 0 Å². The van der Waals surface area contributed by atoms with Crippen LogP contribution in [0.3, 0.4) is 0 Å². The summed E-state index contributed by atoms with van der Waals surface area (Å²) in [6, 6.07) is 0. The van der Waals surface area contributed by atoms with Gasteiger partial charge in [-0.3, -0.25) is 0 Å². The summed E-state index contributed by atoms with van der Waals surface area (Å²) in [6.45, 7) is 9.21. The van der Waals surface area contributed by atoms with Crippen molar-refractivity contribution < 1.29 is 28.5 Å². The maximum atomic E-state index is 12.1. The van der Waals surface area contributed by atoms with Crippen LogP contribution in [0.25, 0.3) is 0 Å². The second-order valence-electron chi connectivity index (χ2n) is 7.38. The smallest absolute Gasteiger partial charge is 0.410 e. The second-order valence-corrected chi connectivity index (χ2v) is 7.38. The van der Waals surface area contributed by atoms with Crippen LogP contribution in [-0.4, -0.2) is 67.2 Å². The molecule has 0 saturated carbocycles. The zero-order chi connectivity index (χ0) is 17.7. The normalized spacial score (nSPS) is 25.6. The Labute approximate surface area is 143 Å². The van der Waals surface area contributed by atoms with Crippen LogP contribution in [0.1, 0.15) is 47.0 Å². The number of hydrogen-bond donors (Lipinski definition) is 0. The predicted molar refractivity (Wildman–Crippen MR) is 86.7 cm³/mol. The van der Waals surface area contributed by atoms with Gasteiger partial charge in [0.05, 0.1) is 19.3 Å². The SMILES string of the molecule is C[C@H](OC[C@H]1CCCO1)C(=O)O[C@H]1CCN(C(=O)OC(C)(C)C)C1. The number of ether oxygens (including phenoxy) is 4. The highest BCUT2D eigenvalue weighted by molar-refractivity contribution is 5.74. The molecule has 0 aromatic carbocycles. The van der Waals surface area contributed by atoms with Crippen LogP contribution < -0.4 is 0 Å². The van der Waals surface area contributed by atoms with Crippen LogP contribution >= 0.6 is 0 Å². The lowest BCUT2D eigenvalue weighted by molar-refractivity contribution is -0.162. The lowest BCUT2D eigenvalue weighted by Gasteiger charge is -2.24. The number of carbonyl (C=O) groups is 2. The van der Waals surface area contributed by atoms with E-state index in [1.165, 1.54) is 0 Å². The second kappa shape index (κ2) is 8.16. The number of nitrogens with zero attached hydrogens (tertiary/aromatic N) is 1. The fraction of sp³-hybridized carbons (Fsp3) is 0.882. The first kappa shape index (κ1) is 19.0. The van der Waals surface area contributed by atoms with Crippen LogP contribution in [0.5, 0.6) is 0 Å². The molecule has 138 valence electrons. The first-order valence-electron chi connectivity index (χ1n) is 8.66. The van der Waals surface area contributed by atoms with Gasteiger partial charge < -0.3 is 23.8 Å². The van der Waals surface area contributed by atoms with Crippen molar-refractivity contribution in [1.29, 1.82) is 0 Å². The molecule has 2 heterocycles. The lowest BCUT2D eigenvalue weighted by Crippen LogP contribution is -2.37. The summed E-state index contributed by atoms with van der Waals surface area (Å²) in [7, 11) is 0. The van der Waals surface area contributed by atoms with Crippen LogP contribution in [0.15, 0.2) is 0 Å². The predicted octanol–water partition coefficient (Wildman–Crippen LogP) is 2.12. The molecule has 0 unspecified atom stereocenters. The van der Waals surface area contributed by atoms with Gasteiger partial charge in [-0.2, -0.15) is 0 Å². The number of carbonyl (C=O) groups excluding carboxylic acids is 2. The zero-order valence-corrected chi connectivity index (χ0v) is 15.1. The Morgan fingerprint density at radius 3 is 2.67 bits per heavy atom. The Morgan fingerprint density at radius 1 is 1.29 bits per heavy atom. The molecular formula is C17H29NO6. The molecule has 7 heteroatoms. The molecule has 0 bridgehead atoms. The van der Waals surface area contributed by atoms with E-state index in [0.717, 1.165) is 19.4 Å². The molecule has 7 nitrogen and oxygen atoms in total. The summed E-state index contributed by atoms with van der Waals surface area (Å²) in [6.07, 6.45) is 1.38. The molecule has 0 radical (unpaired) electrons. The van der Waals surface area contributed by atoms with E-state index in [1.54, 1.807) is 11.8 Å². The number of hydrogen-bond acceptors (Lipinski definition) is 6. The summed E-state index contributed by atoms with van der Waals surface area (Å²) in [4.78, 5) is 25.7. The molecule has 0 aromatic heterocycles. The molecule has 2 rings (SSSR count). The van der Waals surface area contributed by atoms with Gasteiger partial charge in [-0.1, -0.05) is 0 Å². The van der Waals surface area contributed by atoms with E-state index in [4.69, 9.17) is 18.9 Å². The highest BCUT2D eigenvalue weighted by Gasteiger charge is 2.33. The van der Waals surface area contributed by atoms with E-state index in [0.29, 0.717) is 26.1 Å². The van der Waals surface area contributed by atoms with Gasteiger partial charge in [0.25, 0.3) is 0 Å². The molecule has 2 aliphatic rings. The van der Waals surface area contributed by atoms with Crippen molar-refractivity contribution in [3.8, 4) is 0 Å². The topological polar surface area (TPSA) is 74.3 Å². The molecule has 1 amide bonds. The highest BCUT2D eigenvalue weighted by atomic mass is 16.6. The Kier molecular flexibility index (Phi) is 6.46. The number of likely N-dealkylation sites (tertiary alicyclic amines) is 1. The van der Waals surface area contributed by atoms with E-state index >= 15 is 0 Å². The fourth-order valence-electron chi connectivity index (χ4n) is 2.67. The molecule has 0 aromatic rings. The lowest BCUT2D eigenvalue weighted by atomic mass is 10.2. The first-order chi connectivity index (χ1) is 11.2. The van der Waals surface area contributed by atoms with E-state index in [1.807, 2.05) is 20.8 Å².